The molecule has 0 rings (SSSR count). The Balaban J connectivity index is 3.27. The second-order valence-corrected chi connectivity index (χ2v) is 28.2. The van der Waals surface area contributed by atoms with Gasteiger partial charge in [0.05, 0.1) is 302 Å². The molecule has 0 amide bonds. The molecule has 0 saturated heterocycles. The Labute approximate surface area is 691 Å². The third kappa shape index (κ3) is 98.8. The zero-order chi connectivity index (χ0) is 82.2. The molecule has 0 saturated carbocycles. The maximum atomic E-state index is 12.1. The van der Waals surface area contributed by atoms with Gasteiger partial charge in [-0.15, -0.1) is 0 Å². The molecule has 4 unspecified atom stereocenters. The molecular weight excluding hydrogens is 1480 g/mol. The van der Waals surface area contributed by atoms with E-state index in [2.05, 4.69) is 13.8 Å². The average molecular weight is 1650 g/mol. The van der Waals surface area contributed by atoms with Gasteiger partial charge in [0, 0.05) is 26.1 Å². The first-order valence-corrected chi connectivity index (χ1v) is 44.6. The molecule has 4 atom stereocenters. The lowest BCUT2D eigenvalue weighted by Crippen LogP contribution is -2.24. The average Bonchev–Trinajstić information content (AvgIpc) is 1.04. The summed E-state index contributed by atoms with van der Waals surface area (Å²) in [4.78, 5) is 24.1. The summed E-state index contributed by atoms with van der Waals surface area (Å²) in [6.45, 7) is 34.0. The predicted octanol–water partition coefficient (Wildman–Crippen LogP) is 13.0. The van der Waals surface area contributed by atoms with Crippen LogP contribution in [0, 0.1) is 0 Å². The van der Waals surface area contributed by atoms with Crippen LogP contribution in [0.25, 0.3) is 0 Å². The molecule has 0 aliphatic carbocycles. The van der Waals surface area contributed by atoms with Gasteiger partial charge in [0.2, 0.25) is 0 Å². The number of rotatable bonds is 103. The lowest BCUT2D eigenvalue weighted by Gasteiger charge is -2.18. The first-order chi connectivity index (χ1) is 56.3. The molecule has 114 heavy (non-hydrogen) atoms. The molecule has 0 aliphatic heterocycles. The summed E-state index contributed by atoms with van der Waals surface area (Å²) in [7, 11) is 0. The summed E-state index contributed by atoms with van der Waals surface area (Å²) < 4.78 is 145. The molecular formula is C86H170O28. The Morgan fingerprint density at radius 1 is 0.167 bits per heavy atom. The summed E-state index contributed by atoms with van der Waals surface area (Å²) in [5, 5.41) is 0. The van der Waals surface area contributed by atoms with E-state index in [-0.39, 0.29) is 75.6 Å². The normalized spacial score (nSPS) is 12.9. The fourth-order valence-electron chi connectivity index (χ4n) is 10.8. The summed E-state index contributed by atoms with van der Waals surface area (Å²) in [6.07, 6.45) is 33.8. The van der Waals surface area contributed by atoms with Crippen LogP contribution in [-0.2, 0) is 133 Å². The fourth-order valence-corrected chi connectivity index (χ4v) is 10.8. The molecule has 0 aromatic rings. The van der Waals surface area contributed by atoms with Crippen LogP contribution in [0.15, 0.2) is 0 Å². The van der Waals surface area contributed by atoms with Crippen molar-refractivity contribution in [2.75, 3.05) is 304 Å². The molecule has 682 valence electrons. The predicted molar refractivity (Wildman–Crippen MR) is 441 cm³/mol. The van der Waals surface area contributed by atoms with Gasteiger partial charge in [-0.2, -0.15) is 0 Å². The van der Waals surface area contributed by atoms with Crippen molar-refractivity contribution in [3.63, 3.8) is 0 Å². The molecule has 0 aliphatic rings. The molecule has 0 aromatic heterocycles. The van der Waals surface area contributed by atoms with Gasteiger partial charge < -0.3 is 123 Å². The van der Waals surface area contributed by atoms with Gasteiger partial charge in [-0.25, -0.2) is 0 Å². The second-order valence-electron chi connectivity index (χ2n) is 28.2. The lowest BCUT2D eigenvalue weighted by atomic mass is 10.1. The maximum absolute atomic E-state index is 12.1. The molecule has 0 heterocycles. The van der Waals surface area contributed by atoms with E-state index in [1.807, 2.05) is 27.7 Å². The molecule has 28 heteroatoms. The Morgan fingerprint density at radius 2 is 0.333 bits per heavy atom. The van der Waals surface area contributed by atoms with Gasteiger partial charge in [-0.05, 0) is 53.4 Å². The maximum Gasteiger partial charge on any atom is 0.305 e. The van der Waals surface area contributed by atoms with Crippen LogP contribution in [0.5, 0.6) is 0 Å². The van der Waals surface area contributed by atoms with Gasteiger partial charge in [-0.3, -0.25) is 9.59 Å². The van der Waals surface area contributed by atoms with Crippen molar-refractivity contribution in [1.82, 2.24) is 0 Å². The third-order valence-electron chi connectivity index (χ3n) is 17.4. The highest BCUT2D eigenvalue weighted by molar-refractivity contribution is 5.70. The molecule has 0 bridgehead atoms. The van der Waals surface area contributed by atoms with Crippen LogP contribution in [0.4, 0.5) is 0 Å². The van der Waals surface area contributed by atoms with Crippen molar-refractivity contribution in [2.24, 2.45) is 0 Å². The number of ether oxygens (including phenoxy) is 26. The number of carbonyl (C=O) groups is 2. The van der Waals surface area contributed by atoms with E-state index in [9.17, 15) is 9.59 Å². The van der Waals surface area contributed by atoms with E-state index < -0.39 is 0 Å². The minimum absolute atomic E-state index is 0.0128. The van der Waals surface area contributed by atoms with E-state index in [1.54, 1.807) is 0 Å². The van der Waals surface area contributed by atoms with Crippen LogP contribution < -0.4 is 0 Å². The van der Waals surface area contributed by atoms with Crippen molar-refractivity contribution < 1.29 is 133 Å². The highest BCUT2D eigenvalue weighted by Crippen LogP contribution is 2.15. The lowest BCUT2D eigenvalue weighted by molar-refractivity contribution is -0.147. The van der Waals surface area contributed by atoms with E-state index >= 15 is 0 Å². The van der Waals surface area contributed by atoms with E-state index in [0.29, 0.717) is 277 Å². The number of hydrogen-bond donors (Lipinski definition) is 0. The largest absolute Gasteiger partial charge is 0.463 e. The SMILES string of the molecule is CCCCCCCCCCCCCCOCC(C)OCC(C)OCCOCCOCCOCCOCCOCCOCCOCCOCCOCCOC(=O)CCCCC(=O)OCCOCCOCCOCCOCCOCCOCCOCCOCCOCCOC(C)COC(C)COCCCCCCCCCCCCCC. The van der Waals surface area contributed by atoms with E-state index in [0.717, 1.165) is 26.1 Å². The quantitative estimate of drug-likeness (QED) is 0.0404. The minimum Gasteiger partial charge on any atom is -0.463 e. The molecule has 0 radical (unpaired) electrons. The number of hydrogen-bond acceptors (Lipinski definition) is 28. The van der Waals surface area contributed by atoms with Crippen molar-refractivity contribution in [1.29, 1.82) is 0 Å². The van der Waals surface area contributed by atoms with Gasteiger partial charge in [0.25, 0.3) is 0 Å². The standard InChI is InChI=1S/C86H170O28/c1-7-9-11-13-15-17-19-21-23-25-27-31-35-107-77-81(3)113-79-83(5)109-73-69-103-65-61-99-57-53-95-49-45-91-41-37-89-39-43-93-47-51-97-55-59-101-63-67-105-71-75-111-85(87)33-29-30-34-86(88)112-76-72-106-68-64-102-60-56-98-52-48-94-44-40-90-38-42-92-46-50-96-54-58-100-62-66-104-70-74-110-84(6)80-114-82(4)78-108-36-32-28-26-24-22-20-18-16-14-12-10-8-2/h81-84H,7-80H2,1-6H3. The van der Waals surface area contributed by atoms with Crippen LogP contribution in [0.1, 0.15) is 221 Å². The fraction of sp³-hybridized carbons (Fsp3) is 0.977. The summed E-state index contributed by atoms with van der Waals surface area (Å²) in [5.41, 5.74) is 0. The Morgan fingerprint density at radius 3 is 0.535 bits per heavy atom. The van der Waals surface area contributed by atoms with Crippen molar-refractivity contribution in [3.05, 3.63) is 0 Å². The van der Waals surface area contributed by atoms with Crippen molar-refractivity contribution >= 4 is 11.9 Å². The number of unbranched alkanes of at least 4 members (excludes halogenated alkanes) is 23. The topological polar surface area (TPSA) is 274 Å². The Hall–Kier alpha value is -2.02. The summed E-state index contributed by atoms with van der Waals surface area (Å²) in [6, 6.07) is 0. The Kier molecular flexibility index (Phi) is 98.0. The van der Waals surface area contributed by atoms with Gasteiger partial charge >= 0.3 is 11.9 Å². The monoisotopic (exact) mass is 1650 g/mol. The summed E-state index contributed by atoms with van der Waals surface area (Å²) >= 11 is 0. The van der Waals surface area contributed by atoms with Gasteiger partial charge in [-0.1, -0.05) is 155 Å². The first-order valence-electron chi connectivity index (χ1n) is 44.6. The van der Waals surface area contributed by atoms with E-state index in [4.69, 9.17) is 123 Å². The number of carbonyl (C=O) groups excluding carboxylic acids is 2. The smallest absolute Gasteiger partial charge is 0.305 e. The highest BCUT2D eigenvalue weighted by atomic mass is 16.6. The van der Waals surface area contributed by atoms with Crippen LogP contribution in [0.2, 0.25) is 0 Å². The minimum atomic E-state index is -0.339. The van der Waals surface area contributed by atoms with Crippen LogP contribution in [-0.4, -0.2) is 340 Å². The third-order valence-corrected chi connectivity index (χ3v) is 17.4. The molecule has 0 spiro atoms. The zero-order valence-electron chi connectivity index (χ0n) is 73.1. The molecule has 0 N–H and O–H groups in total. The molecule has 28 nitrogen and oxygen atoms in total. The first kappa shape index (κ1) is 112. The summed E-state index contributed by atoms with van der Waals surface area (Å²) in [5.74, 6) is -0.679. The van der Waals surface area contributed by atoms with Crippen LogP contribution in [0.3, 0.4) is 0 Å². The van der Waals surface area contributed by atoms with Gasteiger partial charge in [0.1, 0.15) is 13.2 Å². The van der Waals surface area contributed by atoms with Crippen molar-refractivity contribution in [2.45, 2.75) is 246 Å². The molecule has 0 fully saturated rings. The van der Waals surface area contributed by atoms with Crippen LogP contribution >= 0.6 is 0 Å². The van der Waals surface area contributed by atoms with Crippen molar-refractivity contribution in [3.8, 4) is 0 Å². The zero-order valence-corrected chi connectivity index (χ0v) is 73.1. The second kappa shape index (κ2) is 99.8. The Bertz CT molecular complexity index is 1680. The van der Waals surface area contributed by atoms with Gasteiger partial charge in [0.15, 0.2) is 0 Å². The number of esters is 2. The highest BCUT2D eigenvalue weighted by Gasteiger charge is 2.12. The molecule has 0 aromatic carbocycles. The van der Waals surface area contributed by atoms with E-state index in [1.165, 1.54) is 141 Å².